The lowest BCUT2D eigenvalue weighted by atomic mass is 9.99. The lowest BCUT2D eigenvalue weighted by Crippen LogP contribution is -2.48. The number of nitrogens with zero attached hydrogens (tertiary/aromatic N) is 1. The molecule has 2 saturated heterocycles. The number of fused-ring (bicyclic) bond motifs is 2. The lowest BCUT2D eigenvalue weighted by Gasteiger charge is -2.29. The average Bonchev–Trinajstić information content (AvgIpc) is 2.92. The number of piperidine rings is 1. The van der Waals surface area contributed by atoms with Gasteiger partial charge >= 0.3 is 0 Å². The predicted molar refractivity (Wildman–Crippen MR) is 102 cm³/mol. The number of sulfonamides is 1. The van der Waals surface area contributed by atoms with Crippen molar-refractivity contribution in [1.82, 2.24) is 14.9 Å². The molecule has 2 aliphatic rings. The van der Waals surface area contributed by atoms with Crippen molar-refractivity contribution in [1.29, 1.82) is 0 Å². The number of ether oxygens (including phenoxy) is 1. The highest BCUT2D eigenvalue weighted by molar-refractivity contribution is 7.89. The third-order valence-electron chi connectivity index (χ3n) is 4.99. The van der Waals surface area contributed by atoms with Crippen LogP contribution in [0.2, 0.25) is 0 Å². The third kappa shape index (κ3) is 4.14. The summed E-state index contributed by atoms with van der Waals surface area (Å²) < 4.78 is 31.2. The molecule has 1 amide bonds. The van der Waals surface area contributed by atoms with E-state index in [1.54, 1.807) is 6.07 Å². The van der Waals surface area contributed by atoms with E-state index in [1.807, 2.05) is 0 Å². The summed E-state index contributed by atoms with van der Waals surface area (Å²) in [6.45, 7) is 0. The van der Waals surface area contributed by atoms with Gasteiger partial charge in [0.1, 0.15) is 10.6 Å². The first-order valence-corrected chi connectivity index (χ1v) is 9.92. The van der Waals surface area contributed by atoms with E-state index < -0.39 is 10.0 Å². The molecule has 146 valence electrons. The standard InChI is InChI=1S/C17H25N3O4S.ClH/c1-20(2)25(22,23)16-8-11(4-7-15(16)24-3)17(21)19-14-9-12-5-6-13(10-14)18-12;/h4,7-8,12-14,18H,5-6,9-10H2,1-3H3,(H,19,21);1H. The van der Waals surface area contributed by atoms with Gasteiger partial charge in [0.05, 0.1) is 7.11 Å². The molecule has 2 fully saturated rings. The number of amides is 1. The molecule has 0 saturated carbocycles. The first kappa shape index (κ1) is 21.0. The molecule has 0 aliphatic carbocycles. The highest BCUT2D eigenvalue weighted by atomic mass is 35.5. The molecule has 26 heavy (non-hydrogen) atoms. The summed E-state index contributed by atoms with van der Waals surface area (Å²) in [5, 5.41) is 6.59. The Morgan fingerprint density at radius 3 is 2.38 bits per heavy atom. The van der Waals surface area contributed by atoms with Crippen molar-refractivity contribution in [2.75, 3.05) is 21.2 Å². The lowest BCUT2D eigenvalue weighted by molar-refractivity contribution is 0.0923. The zero-order chi connectivity index (χ0) is 18.2. The Labute approximate surface area is 160 Å². The Morgan fingerprint density at radius 2 is 1.85 bits per heavy atom. The Morgan fingerprint density at radius 1 is 1.23 bits per heavy atom. The molecule has 0 radical (unpaired) electrons. The van der Waals surface area contributed by atoms with Gasteiger partial charge in [-0.15, -0.1) is 12.4 Å². The monoisotopic (exact) mass is 403 g/mol. The number of benzene rings is 1. The molecule has 2 bridgehead atoms. The van der Waals surface area contributed by atoms with E-state index in [0.717, 1.165) is 30.0 Å². The van der Waals surface area contributed by atoms with Gasteiger partial charge in [-0.2, -0.15) is 0 Å². The maximum Gasteiger partial charge on any atom is 0.251 e. The SMILES string of the molecule is COc1ccc(C(=O)NC2CC3CCC(C2)N3)cc1S(=O)(=O)N(C)C.Cl. The van der Waals surface area contributed by atoms with Crippen molar-refractivity contribution in [3.05, 3.63) is 23.8 Å². The number of carbonyl (C=O) groups is 1. The molecule has 2 aliphatic heterocycles. The molecule has 1 aromatic carbocycles. The summed E-state index contributed by atoms with van der Waals surface area (Å²) in [4.78, 5) is 12.6. The molecular formula is C17H26ClN3O4S. The zero-order valence-corrected chi connectivity index (χ0v) is 16.8. The average molecular weight is 404 g/mol. The summed E-state index contributed by atoms with van der Waals surface area (Å²) >= 11 is 0. The predicted octanol–water partition coefficient (Wildman–Crippen LogP) is 1.38. The van der Waals surface area contributed by atoms with Crippen LogP contribution in [0.3, 0.4) is 0 Å². The number of methoxy groups -OCH3 is 1. The van der Waals surface area contributed by atoms with Gasteiger partial charge < -0.3 is 15.4 Å². The van der Waals surface area contributed by atoms with Crippen LogP contribution in [0.25, 0.3) is 0 Å². The number of nitrogens with one attached hydrogen (secondary N) is 2. The Kier molecular flexibility index (Phi) is 6.55. The normalized spacial score (nSPS) is 24.8. The van der Waals surface area contributed by atoms with Gasteiger partial charge in [0.25, 0.3) is 5.91 Å². The molecule has 9 heteroatoms. The zero-order valence-electron chi connectivity index (χ0n) is 15.2. The fraction of sp³-hybridized carbons (Fsp3) is 0.588. The topological polar surface area (TPSA) is 87.7 Å². The highest BCUT2D eigenvalue weighted by Gasteiger charge is 2.34. The molecule has 2 heterocycles. The molecule has 2 N–H and O–H groups in total. The minimum Gasteiger partial charge on any atom is -0.495 e. The van der Waals surface area contributed by atoms with Gasteiger partial charge in [-0.1, -0.05) is 0 Å². The number of hydrogen-bond donors (Lipinski definition) is 2. The molecule has 0 spiro atoms. The fourth-order valence-corrected chi connectivity index (χ4v) is 4.73. The minimum absolute atomic E-state index is 0. The van der Waals surface area contributed by atoms with Gasteiger partial charge in [-0.3, -0.25) is 4.79 Å². The number of carbonyl (C=O) groups excluding carboxylic acids is 1. The second-order valence-electron chi connectivity index (χ2n) is 6.93. The van der Waals surface area contributed by atoms with E-state index in [4.69, 9.17) is 4.74 Å². The van der Waals surface area contributed by atoms with Crippen LogP contribution in [0, 0.1) is 0 Å². The summed E-state index contributed by atoms with van der Waals surface area (Å²) in [5.41, 5.74) is 0.326. The molecule has 3 rings (SSSR count). The van der Waals surface area contributed by atoms with Gasteiger partial charge in [-0.05, 0) is 43.9 Å². The van der Waals surface area contributed by atoms with Gasteiger partial charge in [-0.25, -0.2) is 12.7 Å². The van der Waals surface area contributed by atoms with Crippen LogP contribution >= 0.6 is 12.4 Å². The highest BCUT2D eigenvalue weighted by Crippen LogP contribution is 2.29. The third-order valence-corrected chi connectivity index (χ3v) is 6.83. The molecule has 2 atom stereocenters. The van der Waals surface area contributed by atoms with E-state index in [-0.39, 0.29) is 35.0 Å². The van der Waals surface area contributed by atoms with E-state index in [1.165, 1.54) is 33.3 Å². The first-order chi connectivity index (χ1) is 11.8. The first-order valence-electron chi connectivity index (χ1n) is 8.48. The summed E-state index contributed by atoms with van der Waals surface area (Å²) in [5.74, 6) is -0.0191. The van der Waals surface area contributed by atoms with E-state index in [2.05, 4.69) is 10.6 Å². The van der Waals surface area contributed by atoms with Crippen molar-refractivity contribution in [3.8, 4) is 5.75 Å². The van der Waals surface area contributed by atoms with E-state index >= 15 is 0 Å². The molecule has 2 unspecified atom stereocenters. The summed E-state index contributed by atoms with van der Waals surface area (Å²) in [6, 6.07) is 5.59. The summed E-state index contributed by atoms with van der Waals surface area (Å²) in [6.07, 6.45) is 4.15. The smallest absolute Gasteiger partial charge is 0.251 e. The second-order valence-corrected chi connectivity index (χ2v) is 9.05. The van der Waals surface area contributed by atoms with Crippen molar-refractivity contribution in [2.45, 2.75) is 48.7 Å². The molecule has 7 nitrogen and oxygen atoms in total. The fourth-order valence-electron chi connectivity index (χ4n) is 3.66. The molecule has 0 aromatic heterocycles. The van der Waals surface area contributed by atoms with Crippen molar-refractivity contribution in [2.24, 2.45) is 0 Å². The van der Waals surface area contributed by atoms with Crippen LogP contribution in [0.1, 0.15) is 36.0 Å². The van der Waals surface area contributed by atoms with Crippen LogP contribution in [0.5, 0.6) is 5.75 Å². The number of rotatable bonds is 5. The van der Waals surface area contributed by atoms with Gasteiger partial charge in [0.15, 0.2) is 0 Å². The Balaban J connectivity index is 0.00000243. The van der Waals surface area contributed by atoms with E-state index in [0.29, 0.717) is 17.6 Å². The largest absolute Gasteiger partial charge is 0.495 e. The van der Waals surface area contributed by atoms with Crippen LogP contribution < -0.4 is 15.4 Å². The molecular weight excluding hydrogens is 378 g/mol. The second kappa shape index (κ2) is 8.12. The summed E-state index contributed by atoms with van der Waals surface area (Å²) in [7, 11) is 0.615. The minimum atomic E-state index is -3.70. The van der Waals surface area contributed by atoms with Crippen LogP contribution in [-0.2, 0) is 10.0 Å². The van der Waals surface area contributed by atoms with Crippen LogP contribution in [0.4, 0.5) is 0 Å². The Hall–Kier alpha value is -1.35. The molecule has 1 aromatic rings. The van der Waals surface area contributed by atoms with Crippen molar-refractivity contribution >= 4 is 28.3 Å². The Bertz CT molecular complexity index is 757. The van der Waals surface area contributed by atoms with Gasteiger partial charge in [0, 0.05) is 37.8 Å². The van der Waals surface area contributed by atoms with Crippen LogP contribution in [0.15, 0.2) is 23.1 Å². The number of hydrogen-bond acceptors (Lipinski definition) is 5. The van der Waals surface area contributed by atoms with Crippen molar-refractivity contribution < 1.29 is 17.9 Å². The maximum absolute atomic E-state index is 12.6. The van der Waals surface area contributed by atoms with Crippen LogP contribution in [-0.4, -0.2) is 58.0 Å². The van der Waals surface area contributed by atoms with Gasteiger partial charge in [0.2, 0.25) is 10.0 Å². The maximum atomic E-state index is 12.6. The quantitative estimate of drug-likeness (QED) is 0.775. The van der Waals surface area contributed by atoms with E-state index in [9.17, 15) is 13.2 Å². The number of halogens is 1. The van der Waals surface area contributed by atoms with Crippen molar-refractivity contribution in [3.63, 3.8) is 0 Å².